The number of nitrogens with zero attached hydrogens (tertiary/aromatic N) is 3. The topological polar surface area (TPSA) is 112 Å². The van der Waals surface area contributed by atoms with Crippen molar-refractivity contribution in [3.63, 3.8) is 0 Å². The van der Waals surface area contributed by atoms with Gasteiger partial charge in [-0.1, -0.05) is 48.0 Å². The molecule has 4 aromatic rings. The van der Waals surface area contributed by atoms with Crippen molar-refractivity contribution in [3.05, 3.63) is 65.2 Å². The van der Waals surface area contributed by atoms with E-state index in [9.17, 15) is 9.90 Å². The van der Waals surface area contributed by atoms with Crippen LogP contribution >= 0.6 is 11.6 Å². The Morgan fingerprint density at radius 2 is 1.67 bits per heavy atom. The van der Waals surface area contributed by atoms with E-state index in [4.69, 9.17) is 21.4 Å². The Kier molecular flexibility index (Phi) is 5.87. The predicted molar refractivity (Wildman–Crippen MR) is 136 cm³/mol. The van der Waals surface area contributed by atoms with Gasteiger partial charge in [0, 0.05) is 24.6 Å². The smallest absolute Gasteiger partial charge is 0.335 e. The molecule has 6 rings (SSSR count). The van der Waals surface area contributed by atoms with Crippen LogP contribution in [0, 0.1) is 5.92 Å². The lowest BCUT2D eigenvalue weighted by Gasteiger charge is -2.44. The third-order valence-electron chi connectivity index (χ3n) is 7.12. The molecule has 1 atom stereocenters. The highest BCUT2D eigenvalue weighted by molar-refractivity contribution is 6.33. The fourth-order valence-corrected chi connectivity index (χ4v) is 5.05. The SMILES string of the molecule is O=C(O)c1ccc(-c2ccc(-c3nc4nc(OC5CC(C(O)N6CCC6)C5)[nH]c4cc3Cl)cc2)cc1. The van der Waals surface area contributed by atoms with Crippen LogP contribution in [0.2, 0.25) is 5.02 Å². The maximum absolute atomic E-state index is 11.1. The van der Waals surface area contributed by atoms with Crippen LogP contribution in [0.15, 0.2) is 54.6 Å². The summed E-state index contributed by atoms with van der Waals surface area (Å²) in [5.41, 5.74) is 4.83. The number of hydrogen-bond donors (Lipinski definition) is 3. The van der Waals surface area contributed by atoms with E-state index in [2.05, 4.69) is 19.9 Å². The van der Waals surface area contributed by atoms with E-state index in [-0.39, 0.29) is 23.8 Å². The quantitative estimate of drug-likeness (QED) is 0.330. The van der Waals surface area contributed by atoms with E-state index in [1.807, 2.05) is 24.3 Å². The molecule has 1 saturated heterocycles. The number of carbonyl (C=O) groups is 1. The van der Waals surface area contributed by atoms with Gasteiger partial charge in [0.15, 0.2) is 5.65 Å². The summed E-state index contributed by atoms with van der Waals surface area (Å²) in [7, 11) is 0. The first kappa shape index (κ1) is 23.0. The largest absolute Gasteiger partial charge is 0.478 e. The van der Waals surface area contributed by atoms with Gasteiger partial charge in [-0.2, -0.15) is 4.98 Å². The molecule has 0 spiro atoms. The van der Waals surface area contributed by atoms with Gasteiger partial charge in [-0.15, -0.1) is 0 Å². The number of aromatic carboxylic acids is 1. The fraction of sp³-hybridized carbons (Fsp3) is 0.296. The molecular formula is C27H25ClN4O4. The first-order valence-electron chi connectivity index (χ1n) is 12.0. The third kappa shape index (κ3) is 4.32. The number of H-pyrrole nitrogens is 1. The van der Waals surface area contributed by atoms with E-state index in [1.165, 1.54) is 0 Å². The van der Waals surface area contributed by atoms with Gasteiger partial charge in [-0.3, -0.25) is 4.90 Å². The van der Waals surface area contributed by atoms with Crippen molar-refractivity contribution >= 4 is 28.7 Å². The Balaban J connectivity index is 1.16. The lowest BCUT2D eigenvalue weighted by Crippen LogP contribution is -2.53. The number of imidazole rings is 1. The molecule has 2 aromatic heterocycles. The van der Waals surface area contributed by atoms with Gasteiger partial charge >= 0.3 is 5.97 Å². The van der Waals surface area contributed by atoms with E-state index in [0.717, 1.165) is 49.0 Å². The van der Waals surface area contributed by atoms with Crippen molar-refractivity contribution < 1.29 is 19.7 Å². The standard InChI is InChI=1S/C27H25ClN4O4/c28-21-14-22-24(31-27(29-22)36-20-12-19(13-20)25(33)32-10-1-11-32)30-23(21)17-6-2-15(3-7-17)16-4-8-18(9-5-16)26(34)35/h2-9,14,19-20,25,33H,1,10-13H2,(H,34,35)(H,29,30,31). The zero-order valence-electron chi connectivity index (χ0n) is 19.4. The van der Waals surface area contributed by atoms with Crippen molar-refractivity contribution in [2.75, 3.05) is 13.1 Å². The van der Waals surface area contributed by atoms with Crippen LogP contribution in [-0.2, 0) is 0 Å². The number of ether oxygens (including phenoxy) is 1. The molecule has 8 nitrogen and oxygen atoms in total. The number of pyridine rings is 1. The van der Waals surface area contributed by atoms with Crippen LogP contribution in [-0.4, -0.2) is 61.5 Å². The highest BCUT2D eigenvalue weighted by Crippen LogP contribution is 2.36. The monoisotopic (exact) mass is 504 g/mol. The number of carboxylic acid groups (broad SMARTS) is 1. The van der Waals surface area contributed by atoms with Gasteiger partial charge in [0.2, 0.25) is 0 Å². The second kappa shape index (κ2) is 9.20. The highest BCUT2D eigenvalue weighted by atomic mass is 35.5. The number of fused-ring (bicyclic) bond motifs is 1. The van der Waals surface area contributed by atoms with Crippen molar-refractivity contribution in [2.24, 2.45) is 5.92 Å². The molecule has 9 heteroatoms. The number of rotatable bonds is 7. The summed E-state index contributed by atoms with van der Waals surface area (Å²) in [6, 6.07) is 16.7. The molecule has 1 unspecified atom stereocenters. The third-order valence-corrected chi connectivity index (χ3v) is 7.41. The van der Waals surface area contributed by atoms with Gasteiger partial charge in [0.1, 0.15) is 12.3 Å². The van der Waals surface area contributed by atoms with E-state index in [1.54, 1.807) is 30.3 Å². The maximum Gasteiger partial charge on any atom is 0.335 e. The summed E-state index contributed by atoms with van der Waals surface area (Å²) in [5, 5.41) is 20.0. The number of aromatic amines is 1. The zero-order valence-corrected chi connectivity index (χ0v) is 20.2. The Morgan fingerprint density at radius 1 is 1.03 bits per heavy atom. The van der Waals surface area contributed by atoms with Crippen molar-refractivity contribution in [2.45, 2.75) is 31.6 Å². The summed E-state index contributed by atoms with van der Waals surface area (Å²) in [6.07, 6.45) is 2.43. The summed E-state index contributed by atoms with van der Waals surface area (Å²) < 4.78 is 6.00. The molecule has 3 N–H and O–H groups in total. The van der Waals surface area contributed by atoms with Crippen LogP contribution in [0.1, 0.15) is 29.6 Å². The van der Waals surface area contributed by atoms with E-state index < -0.39 is 5.97 Å². The predicted octanol–water partition coefficient (Wildman–Crippen LogP) is 4.83. The summed E-state index contributed by atoms with van der Waals surface area (Å²) in [5.74, 6) is -0.699. The molecule has 2 aromatic carbocycles. The Morgan fingerprint density at radius 3 is 2.28 bits per heavy atom. The average Bonchev–Trinajstić information content (AvgIpc) is 3.20. The molecule has 0 bridgehead atoms. The molecule has 0 radical (unpaired) electrons. The first-order chi connectivity index (χ1) is 17.4. The Hall–Kier alpha value is -3.46. The maximum atomic E-state index is 11.1. The number of likely N-dealkylation sites (tertiary alicyclic amines) is 1. The minimum Gasteiger partial charge on any atom is -0.478 e. The van der Waals surface area contributed by atoms with Crippen LogP contribution in [0.3, 0.4) is 0 Å². The number of carboxylic acids is 1. The molecule has 1 saturated carbocycles. The van der Waals surface area contributed by atoms with Gasteiger partial charge in [0.05, 0.1) is 21.8 Å². The lowest BCUT2D eigenvalue weighted by molar-refractivity contribution is -0.117. The number of halogens is 1. The zero-order chi connectivity index (χ0) is 24.8. The molecule has 1 aliphatic carbocycles. The molecule has 184 valence electrons. The highest BCUT2D eigenvalue weighted by Gasteiger charge is 2.40. The minimum atomic E-state index is -0.947. The number of hydrogen-bond acceptors (Lipinski definition) is 6. The van der Waals surface area contributed by atoms with Crippen molar-refractivity contribution in [3.8, 4) is 28.4 Å². The number of benzene rings is 2. The normalized spacial score (nSPS) is 20.5. The van der Waals surface area contributed by atoms with Gasteiger partial charge in [-0.05, 0) is 48.6 Å². The molecule has 1 aliphatic heterocycles. The van der Waals surface area contributed by atoms with Crippen LogP contribution in [0.4, 0.5) is 0 Å². The van der Waals surface area contributed by atoms with Crippen LogP contribution in [0.25, 0.3) is 33.5 Å². The second-order valence-corrected chi connectivity index (χ2v) is 9.87. The minimum absolute atomic E-state index is 0.0264. The van der Waals surface area contributed by atoms with Crippen LogP contribution in [0.5, 0.6) is 6.01 Å². The Bertz CT molecular complexity index is 1410. The lowest BCUT2D eigenvalue weighted by atomic mass is 9.80. The van der Waals surface area contributed by atoms with Gasteiger partial charge in [-0.25, -0.2) is 9.78 Å². The van der Waals surface area contributed by atoms with Crippen molar-refractivity contribution in [1.82, 2.24) is 19.9 Å². The summed E-state index contributed by atoms with van der Waals surface area (Å²) in [4.78, 5) is 25.5. The van der Waals surface area contributed by atoms with E-state index >= 15 is 0 Å². The Labute approximate surface area is 212 Å². The second-order valence-electron chi connectivity index (χ2n) is 9.47. The van der Waals surface area contributed by atoms with Gasteiger partial charge < -0.3 is 19.9 Å². The van der Waals surface area contributed by atoms with Crippen molar-refractivity contribution in [1.29, 1.82) is 0 Å². The first-order valence-corrected chi connectivity index (χ1v) is 12.4. The number of aliphatic hydroxyl groups excluding tert-OH is 1. The molecule has 36 heavy (non-hydrogen) atoms. The number of aliphatic hydroxyl groups is 1. The molecule has 2 aliphatic rings. The average molecular weight is 505 g/mol. The summed E-state index contributed by atoms with van der Waals surface area (Å²) in [6.45, 7) is 1.95. The summed E-state index contributed by atoms with van der Waals surface area (Å²) >= 11 is 6.56. The number of aromatic nitrogens is 3. The van der Waals surface area contributed by atoms with E-state index in [0.29, 0.717) is 27.9 Å². The number of nitrogens with one attached hydrogen (secondary N) is 1. The van der Waals surface area contributed by atoms with Crippen LogP contribution < -0.4 is 4.74 Å². The molecule has 2 fully saturated rings. The fourth-order valence-electron chi connectivity index (χ4n) is 4.79. The molecule has 3 heterocycles. The van der Waals surface area contributed by atoms with Gasteiger partial charge in [0.25, 0.3) is 6.01 Å². The molecular weight excluding hydrogens is 480 g/mol. The molecule has 0 amide bonds.